The molecule has 3 aromatic carbocycles. The average Bonchev–Trinajstić information content (AvgIpc) is 3.28. The largest absolute Gasteiger partial charge is 0.497 e. The van der Waals surface area contributed by atoms with E-state index in [1.54, 1.807) is 20.3 Å². The summed E-state index contributed by atoms with van der Waals surface area (Å²) in [5.41, 5.74) is 4.98. The van der Waals surface area contributed by atoms with Crippen LogP contribution in [0.5, 0.6) is 11.5 Å². The zero-order valence-electron chi connectivity index (χ0n) is 17.6. The molecule has 0 amide bonds. The third-order valence-corrected chi connectivity index (χ3v) is 5.03. The molecule has 0 saturated carbocycles. The van der Waals surface area contributed by atoms with E-state index in [-0.39, 0.29) is 0 Å². The van der Waals surface area contributed by atoms with E-state index in [1.807, 2.05) is 72.8 Å². The molecule has 0 spiro atoms. The predicted molar refractivity (Wildman–Crippen MR) is 123 cm³/mol. The standard InChI is InChI=1S/C26H21NO5/c1-30-21-12-8-19(9-13-21)25-24(18-6-3-17(4-7-18)5-16-23(28)29)26(32-27-25)20-10-14-22(31-2)15-11-20/h3-16H,1-2H3,(H,28,29). The number of benzene rings is 3. The van der Waals surface area contributed by atoms with Gasteiger partial charge in [-0.25, -0.2) is 4.79 Å². The first kappa shape index (κ1) is 20.9. The molecule has 0 fully saturated rings. The second-order valence-corrected chi connectivity index (χ2v) is 6.99. The van der Waals surface area contributed by atoms with Crippen LogP contribution in [-0.4, -0.2) is 30.5 Å². The van der Waals surface area contributed by atoms with Crippen molar-refractivity contribution < 1.29 is 23.9 Å². The number of ether oxygens (including phenoxy) is 2. The molecule has 32 heavy (non-hydrogen) atoms. The van der Waals surface area contributed by atoms with Gasteiger partial charge in [0.25, 0.3) is 0 Å². The fraction of sp³-hybridized carbons (Fsp3) is 0.0769. The predicted octanol–water partition coefficient (Wildman–Crippen LogP) is 5.79. The van der Waals surface area contributed by atoms with Crippen molar-refractivity contribution in [1.29, 1.82) is 0 Å². The smallest absolute Gasteiger partial charge is 0.328 e. The lowest BCUT2D eigenvalue weighted by Gasteiger charge is -2.07. The van der Waals surface area contributed by atoms with Crippen LogP contribution in [0.1, 0.15) is 5.56 Å². The van der Waals surface area contributed by atoms with Crippen LogP contribution < -0.4 is 9.47 Å². The fourth-order valence-electron chi connectivity index (χ4n) is 3.37. The molecule has 0 aliphatic heterocycles. The quantitative estimate of drug-likeness (QED) is 0.376. The SMILES string of the molecule is COc1ccc(-c2noc(-c3ccc(OC)cc3)c2-c2ccc(C=CC(=O)O)cc2)cc1. The van der Waals surface area contributed by atoms with Gasteiger partial charge in [0.2, 0.25) is 0 Å². The first-order chi connectivity index (χ1) is 15.6. The summed E-state index contributed by atoms with van der Waals surface area (Å²) in [5.74, 6) is 1.15. The van der Waals surface area contributed by atoms with Gasteiger partial charge in [-0.3, -0.25) is 0 Å². The zero-order valence-corrected chi connectivity index (χ0v) is 17.6. The lowest BCUT2D eigenvalue weighted by atomic mass is 9.95. The molecule has 0 unspecified atom stereocenters. The third kappa shape index (κ3) is 4.39. The van der Waals surface area contributed by atoms with Crippen LogP contribution in [0.25, 0.3) is 39.8 Å². The summed E-state index contributed by atoms with van der Waals surface area (Å²) in [6, 6.07) is 22.8. The number of hydrogen-bond donors (Lipinski definition) is 1. The Balaban J connectivity index is 1.82. The molecule has 0 saturated heterocycles. The number of carboxylic acid groups (broad SMARTS) is 1. The molecule has 160 valence electrons. The number of carboxylic acids is 1. The molecule has 4 rings (SSSR count). The fourth-order valence-corrected chi connectivity index (χ4v) is 3.37. The highest BCUT2D eigenvalue weighted by Gasteiger charge is 2.21. The van der Waals surface area contributed by atoms with E-state index in [0.29, 0.717) is 11.5 Å². The molecular formula is C26H21NO5. The van der Waals surface area contributed by atoms with E-state index in [1.165, 1.54) is 0 Å². The number of rotatable bonds is 7. The summed E-state index contributed by atoms with van der Waals surface area (Å²) < 4.78 is 16.3. The number of aliphatic carboxylic acids is 1. The number of hydrogen-bond acceptors (Lipinski definition) is 5. The number of carbonyl (C=O) groups is 1. The van der Waals surface area contributed by atoms with Crippen LogP contribution >= 0.6 is 0 Å². The first-order valence-electron chi connectivity index (χ1n) is 9.89. The summed E-state index contributed by atoms with van der Waals surface area (Å²) in [6.07, 6.45) is 2.66. The molecule has 0 atom stereocenters. The second kappa shape index (κ2) is 9.22. The van der Waals surface area contributed by atoms with Crippen molar-refractivity contribution in [3.63, 3.8) is 0 Å². The molecule has 0 aliphatic rings. The normalized spacial score (nSPS) is 10.9. The monoisotopic (exact) mass is 427 g/mol. The van der Waals surface area contributed by atoms with Gasteiger partial charge in [-0.1, -0.05) is 29.4 Å². The Morgan fingerprint density at radius 3 is 1.88 bits per heavy atom. The molecule has 1 aromatic heterocycles. The van der Waals surface area contributed by atoms with Gasteiger partial charge in [0.05, 0.1) is 19.8 Å². The summed E-state index contributed by atoms with van der Waals surface area (Å²) >= 11 is 0. The maximum Gasteiger partial charge on any atom is 0.328 e. The van der Waals surface area contributed by atoms with E-state index >= 15 is 0 Å². The minimum absolute atomic E-state index is 0.632. The molecule has 4 aromatic rings. The van der Waals surface area contributed by atoms with Crippen LogP contribution in [0.3, 0.4) is 0 Å². The highest BCUT2D eigenvalue weighted by Crippen LogP contribution is 2.40. The molecule has 6 heteroatoms. The Morgan fingerprint density at radius 2 is 1.34 bits per heavy atom. The van der Waals surface area contributed by atoms with Crippen LogP contribution in [0.4, 0.5) is 0 Å². The number of nitrogens with zero attached hydrogens (tertiary/aromatic N) is 1. The van der Waals surface area contributed by atoms with E-state index in [9.17, 15) is 4.79 Å². The van der Waals surface area contributed by atoms with Crippen molar-refractivity contribution in [2.45, 2.75) is 0 Å². The topological polar surface area (TPSA) is 81.8 Å². The second-order valence-electron chi connectivity index (χ2n) is 6.99. The van der Waals surface area contributed by atoms with Crippen molar-refractivity contribution in [2.24, 2.45) is 0 Å². The lowest BCUT2D eigenvalue weighted by Crippen LogP contribution is -1.88. The molecule has 0 aliphatic carbocycles. The van der Waals surface area contributed by atoms with E-state index in [0.717, 1.165) is 45.4 Å². The molecule has 6 nitrogen and oxygen atoms in total. The number of methoxy groups -OCH3 is 2. The van der Waals surface area contributed by atoms with Crippen molar-refractivity contribution in [2.75, 3.05) is 14.2 Å². The van der Waals surface area contributed by atoms with Gasteiger partial charge in [0.15, 0.2) is 5.76 Å². The summed E-state index contributed by atoms with van der Waals surface area (Å²) in [4.78, 5) is 10.8. The van der Waals surface area contributed by atoms with Gasteiger partial charge in [0, 0.05) is 17.2 Å². The van der Waals surface area contributed by atoms with Gasteiger partial charge in [0.1, 0.15) is 17.2 Å². The first-order valence-corrected chi connectivity index (χ1v) is 9.89. The Hall–Kier alpha value is -4.32. The highest BCUT2D eigenvalue weighted by atomic mass is 16.5. The molecule has 1 N–H and O–H groups in total. The van der Waals surface area contributed by atoms with E-state index < -0.39 is 5.97 Å². The van der Waals surface area contributed by atoms with Crippen LogP contribution in [0.15, 0.2) is 83.4 Å². The van der Waals surface area contributed by atoms with Crippen molar-refractivity contribution in [3.8, 4) is 45.2 Å². The van der Waals surface area contributed by atoms with Crippen LogP contribution in [-0.2, 0) is 4.79 Å². The summed E-state index contributed by atoms with van der Waals surface area (Å²) in [6.45, 7) is 0. The molecule has 1 heterocycles. The van der Waals surface area contributed by atoms with Crippen molar-refractivity contribution in [1.82, 2.24) is 5.16 Å². The Labute approximate surface area is 185 Å². The Bertz CT molecular complexity index is 1170. The summed E-state index contributed by atoms with van der Waals surface area (Å²) in [7, 11) is 3.25. The van der Waals surface area contributed by atoms with E-state index in [2.05, 4.69) is 5.16 Å². The van der Waals surface area contributed by atoms with Gasteiger partial charge < -0.3 is 19.1 Å². The molecular weight excluding hydrogens is 406 g/mol. The zero-order chi connectivity index (χ0) is 22.5. The number of aromatic nitrogens is 1. The third-order valence-electron chi connectivity index (χ3n) is 5.03. The van der Waals surface area contributed by atoms with Crippen LogP contribution in [0.2, 0.25) is 0 Å². The average molecular weight is 427 g/mol. The van der Waals surface area contributed by atoms with Crippen molar-refractivity contribution in [3.05, 3.63) is 84.4 Å². The molecule has 0 bridgehead atoms. The Kier molecular flexibility index (Phi) is 6.03. The summed E-state index contributed by atoms with van der Waals surface area (Å²) in [5, 5.41) is 13.2. The van der Waals surface area contributed by atoms with Gasteiger partial charge in [-0.15, -0.1) is 0 Å². The minimum Gasteiger partial charge on any atom is -0.497 e. The Morgan fingerprint density at radius 1 is 0.812 bits per heavy atom. The van der Waals surface area contributed by atoms with Crippen molar-refractivity contribution >= 4 is 12.0 Å². The van der Waals surface area contributed by atoms with Gasteiger partial charge >= 0.3 is 5.97 Å². The van der Waals surface area contributed by atoms with E-state index in [4.69, 9.17) is 19.1 Å². The van der Waals surface area contributed by atoms with Gasteiger partial charge in [-0.2, -0.15) is 0 Å². The minimum atomic E-state index is -0.989. The highest BCUT2D eigenvalue weighted by molar-refractivity contribution is 5.91. The maximum atomic E-state index is 10.8. The molecule has 0 radical (unpaired) electrons. The van der Waals surface area contributed by atoms with Crippen LogP contribution in [0, 0.1) is 0 Å². The van der Waals surface area contributed by atoms with Gasteiger partial charge in [-0.05, 0) is 65.7 Å². The maximum absolute atomic E-state index is 10.8. The lowest BCUT2D eigenvalue weighted by molar-refractivity contribution is -0.131.